The highest BCUT2D eigenvalue weighted by Gasteiger charge is 2.24. The van der Waals surface area contributed by atoms with E-state index in [-0.39, 0.29) is 8.95 Å². The van der Waals surface area contributed by atoms with E-state index in [0.717, 1.165) is 0 Å². The molecule has 1 aromatic rings. The van der Waals surface area contributed by atoms with Crippen LogP contribution in [0.2, 0.25) is 0 Å². The Bertz CT molecular complexity index is 423. The molecule has 0 heterocycles. The van der Waals surface area contributed by atoms with Crippen LogP contribution >= 0.6 is 31.9 Å². The number of aliphatic hydroxyl groups excluding tert-OH is 1. The third-order valence-electron chi connectivity index (χ3n) is 1.66. The van der Waals surface area contributed by atoms with Crippen LogP contribution in [0.4, 0.5) is 8.78 Å². The van der Waals surface area contributed by atoms with E-state index in [4.69, 9.17) is 10.2 Å². The number of benzene rings is 1. The average Bonchev–Trinajstić information content (AvgIpc) is 2.19. The van der Waals surface area contributed by atoms with E-state index in [1.165, 1.54) is 0 Å². The monoisotopic (exact) mass is 344 g/mol. The van der Waals surface area contributed by atoms with Gasteiger partial charge in [-0.25, -0.2) is 13.6 Å². The quantitative estimate of drug-likeness (QED) is 0.640. The van der Waals surface area contributed by atoms with Crippen LogP contribution in [0.25, 0.3) is 0 Å². The Morgan fingerprint density at radius 2 is 1.87 bits per heavy atom. The molecule has 0 radical (unpaired) electrons. The normalized spacial score (nSPS) is 12.6. The van der Waals surface area contributed by atoms with Crippen molar-refractivity contribution in [3.63, 3.8) is 0 Å². The molecule has 1 aromatic carbocycles. The number of carboxylic acids is 1. The number of hydrogen-bond acceptors (Lipinski definition) is 2. The SMILES string of the molecule is O=C(O)C(O)c1cc(F)c(Br)c(Br)c1F. The minimum Gasteiger partial charge on any atom is -0.479 e. The van der Waals surface area contributed by atoms with E-state index in [1.807, 2.05) is 0 Å². The van der Waals surface area contributed by atoms with Gasteiger partial charge in [-0.05, 0) is 37.9 Å². The molecule has 0 saturated heterocycles. The van der Waals surface area contributed by atoms with Gasteiger partial charge < -0.3 is 10.2 Å². The molecule has 0 fully saturated rings. The number of aliphatic hydroxyl groups is 1. The van der Waals surface area contributed by atoms with Crippen molar-refractivity contribution in [1.29, 1.82) is 0 Å². The molecule has 7 heteroatoms. The summed E-state index contributed by atoms with van der Waals surface area (Å²) in [5, 5.41) is 17.5. The molecular weight excluding hydrogens is 342 g/mol. The van der Waals surface area contributed by atoms with E-state index < -0.39 is 29.3 Å². The van der Waals surface area contributed by atoms with Crippen LogP contribution in [0.15, 0.2) is 15.0 Å². The van der Waals surface area contributed by atoms with Crippen LogP contribution in [0, 0.1) is 11.6 Å². The predicted octanol–water partition coefficient (Wildman–Crippen LogP) is 2.61. The Morgan fingerprint density at radius 3 is 2.33 bits per heavy atom. The van der Waals surface area contributed by atoms with Crippen LogP contribution in [-0.4, -0.2) is 16.2 Å². The summed E-state index contributed by atoms with van der Waals surface area (Å²) in [6.45, 7) is 0. The van der Waals surface area contributed by atoms with Gasteiger partial charge in [0.1, 0.15) is 11.6 Å². The first kappa shape index (κ1) is 12.5. The summed E-state index contributed by atoms with van der Waals surface area (Å²) in [5.41, 5.74) is -0.630. The predicted molar refractivity (Wildman–Crippen MR) is 54.4 cm³/mol. The number of hydrogen-bond donors (Lipinski definition) is 2. The van der Waals surface area contributed by atoms with Gasteiger partial charge in [0.25, 0.3) is 0 Å². The Hall–Kier alpha value is -0.530. The second kappa shape index (κ2) is 4.54. The molecular formula is C8H4Br2F2O3. The first-order chi connectivity index (χ1) is 6.86. The highest BCUT2D eigenvalue weighted by atomic mass is 79.9. The summed E-state index contributed by atoms with van der Waals surface area (Å²) in [4.78, 5) is 10.4. The van der Waals surface area contributed by atoms with Crippen LogP contribution in [0.1, 0.15) is 11.7 Å². The van der Waals surface area contributed by atoms with Gasteiger partial charge in [-0.1, -0.05) is 0 Å². The lowest BCUT2D eigenvalue weighted by molar-refractivity contribution is -0.147. The Balaban J connectivity index is 3.38. The van der Waals surface area contributed by atoms with Crippen molar-refractivity contribution in [2.24, 2.45) is 0 Å². The van der Waals surface area contributed by atoms with Gasteiger partial charge in [-0.2, -0.15) is 0 Å². The van der Waals surface area contributed by atoms with Crippen molar-refractivity contribution in [3.05, 3.63) is 32.2 Å². The lowest BCUT2D eigenvalue weighted by atomic mass is 10.1. The van der Waals surface area contributed by atoms with Gasteiger partial charge in [0.2, 0.25) is 0 Å². The molecule has 2 N–H and O–H groups in total. The minimum absolute atomic E-state index is 0.165. The van der Waals surface area contributed by atoms with Gasteiger partial charge in [-0.15, -0.1) is 0 Å². The fourth-order valence-corrected chi connectivity index (χ4v) is 1.63. The first-order valence-corrected chi connectivity index (χ1v) is 5.18. The van der Waals surface area contributed by atoms with Crippen molar-refractivity contribution in [1.82, 2.24) is 0 Å². The van der Waals surface area contributed by atoms with Crippen molar-refractivity contribution < 1.29 is 23.8 Å². The fraction of sp³-hybridized carbons (Fsp3) is 0.125. The zero-order chi connectivity index (χ0) is 11.7. The maximum Gasteiger partial charge on any atom is 0.337 e. The standard InChI is InChI=1S/C8H4Br2F2O3/c9-4-3(11)1-2(6(12)5(4)10)7(13)8(14)15/h1,7,13H,(H,14,15). The van der Waals surface area contributed by atoms with Crippen LogP contribution in [0.5, 0.6) is 0 Å². The molecule has 0 bridgehead atoms. The van der Waals surface area contributed by atoms with Gasteiger partial charge in [-0.3, -0.25) is 0 Å². The van der Waals surface area contributed by atoms with Crippen molar-refractivity contribution in [2.75, 3.05) is 0 Å². The molecule has 3 nitrogen and oxygen atoms in total. The third kappa shape index (κ3) is 2.35. The minimum atomic E-state index is -2.09. The number of rotatable bonds is 2. The smallest absolute Gasteiger partial charge is 0.337 e. The van der Waals surface area contributed by atoms with Crippen molar-refractivity contribution in [3.8, 4) is 0 Å². The molecule has 15 heavy (non-hydrogen) atoms. The van der Waals surface area contributed by atoms with E-state index in [0.29, 0.717) is 6.07 Å². The number of halogens is 4. The van der Waals surface area contributed by atoms with Crippen molar-refractivity contribution in [2.45, 2.75) is 6.10 Å². The number of carboxylic acid groups (broad SMARTS) is 1. The van der Waals surface area contributed by atoms with Crippen LogP contribution in [-0.2, 0) is 4.79 Å². The van der Waals surface area contributed by atoms with E-state index in [9.17, 15) is 13.6 Å². The molecule has 0 aliphatic carbocycles. The summed E-state index contributed by atoms with van der Waals surface area (Å²) in [5.74, 6) is -3.53. The molecule has 0 aromatic heterocycles. The maximum atomic E-state index is 13.4. The highest BCUT2D eigenvalue weighted by Crippen LogP contribution is 2.33. The van der Waals surface area contributed by atoms with Crippen LogP contribution in [0.3, 0.4) is 0 Å². The topological polar surface area (TPSA) is 57.5 Å². The fourth-order valence-electron chi connectivity index (χ4n) is 0.923. The summed E-state index contributed by atoms with van der Waals surface area (Å²) in [6, 6.07) is 0.628. The van der Waals surface area contributed by atoms with Gasteiger partial charge in [0.15, 0.2) is 6.10 Å². The van der Waals surface area contributed by atoms with Gasteiger partial charge in [0.05, 0.1) is 8.95 Å². The second-order valence-corrected chi connectivity index (χ2v) is 4.22. The van der Waals surface area contributed by atoms with Gasteiger partial charge >= 0.3 is 5.97 Å². The summed E-state index contributed by atoms with van der Waals surface area (Å²) >= 11 is 5.49. The summed E-state index contributed by atoms with van der Waals surface area (Å²) in [6.07, 6.45) is -2.09. The van der Waals surface area contributed by atoms with E-state index in [1.54, 1.807) is 0 Å². The maximum absolute atomic E-state index is 13.4. The Kier molecular flexibility index (Phi) is 3.80. The first-order valence-electron chi connectivity index (χ1n) is 3.60. The van der Waals surface area contributed by atoms with Gasteiger partial charge in [0, 0.05) is 5.56 Å². The zero-order valence-electron chi connectivity index (χ0n) is 6.97. The molecule has 1 atom stereocenters. The van der Waals surface area contributed by atoms with Crippen molar-refractivity contribution >= 4 is 37.8 Å². The van der Waals surface area contributed by atoms with E-state index in [2.05, 4.69) is 31.9 Å². The molecule has 0 amide bonds. The molecule has 0 aliphatic heterocycles. The molecule has 0 saturated carbocycles. The molecule has 82 valence electrons. The largest absolute Gasteiger partial charge is 0.479 e. The average molecular weight is 346 g/mol. The Labute approximate surface area is 100.0 Å². The number of aliphatic carboxylic acids is 1. The molecule has 0 aliphatic rings. The molecule has 1 rings (SSSR count). The lowest BCUT2D eigenvalue weighted by Crippen LogP contribution is -2.13. The summed E-state index contributed by atoms with van der Waals surface area (Å²) in [7, 11) is 0. The number of carbonyl (C=O) groups is 1. The second-order valence-electron chi connectivity index (χ2n) is 2.63. The molecule has 1 unspecified atom stereocenters. The highest BCUT2D eigenvalue weighted by molar-refractivity contribution is 9.13. The Morgan fingerprint density at radius 1 is 1.33 bits per heavy atom. The summed E-state index contributed by atoms with van der Waals surface area (Å²) < 4.78 is 26.1. The lowest BCUT2D eigenvalue weighted by Gasteiger charge is -2.10. The zero-order valence-corrected chi connectivity index (χ0v) is 10.1. The molecule has 0 spiro atoms. The van der Waals surface area contributed by atoms with Crippen LogP contribution < -0.4 is 0 Å². The third-order valence-corrected chi connectivity index (χ3v) is 3.71. The van der Waals surface area contributed by atoms with E-state index >= 15 is 0 Å².